The van der Waals surface area contributed by atoms with Gasteiger partial charge < -0.3 is 9.80 Å². The summed E-state index contributed by atoms with van der Waals surface area (Å²) in [5.41, 5.74) is 1.55. The highest BCUT2D eigenvalue weighted by atomic mass is 35.5. The van der Waals surface area contributed by atoms with E-state index in [0.717, 1.165) is 30.4 Å². The Bertz CT molecular complexity index is 875. The SMILES string of the molecule is Cc1cc(N2CCN(C(=O)CCC(=O)c3ccc(Cl)cc3)CC2)nc(C(C)C)n1. The molecule has 0 radical (unpaired) electrons. The predicted molar refractivity (Wildman–Crippen MR) is 115 cm³/mol. The lowest BCUT2D eigenvalue weighted by Crippen LogP contribution is -2.49. The zero-order valence-corrected chi connectivity index (χ0v) is 17.9. The predicted octanol–water partition coefficient (Wildman–Crippen LogP) is 3.87. The second kappa shape index (κ2) is 9.35. The van der Waals surface area contributed by atoms with Crippen LogP contribution in [-0.4, -0.2) is 52.7 Å². The first kappa shape index (κ1) is 21.2. The van der Waals surface area contributed by atoms with E-state index in [9.17, 15) is 9.59 Å². The Morgan fingerprint density at radius 3 is 2.31 bits per heavy atom. The van der Waals surface area contributed by atoms with E-state index in [2.05, 4.69) is 28.7 Å². The van der Waals surface area contributed by atoms with Crippen molar-refractivity contribution in [2.45, 2.75) is 39.5 Å². The fourth-order valence-electron chi connectivity index (χ4n) is 3.34. The van der Waals surface area contributed by atoms with Crippen LogP contribution in [0.5, 0.6) is 0 Å². The van der Waals surface area contributed by atoms with Crippen LogP contribution in [-0.2, 0) is 4.79 Å². The molecule has 0 N–H and O–H groups in total. The standard InChI is InChI=1S/C22H27ClN4O2/c1-15(2)22-24-16(3)14-20(25-22)26-10-12-27(13-11-26)21(29)9-8-19(28)17-4-6-18(23)7-5-17/h4-7,14-15H,8-13H2,1-3H3. The molecular formula is C22H27ClN4O2. The molecule has 29 heavy (non-hydrogen) atoms. The van der Waals surface area contributed by atoms with Gasteiger partial charge in [-0.1, -0.05) is 25.4 Å². The first-order valence-electron chi connectivity index (χ1n) is 10.0. The van der Waals surface area contributed by atoms with Gasteiger partial charge in [-0.25, -0.2) is 9.97 Å². The first-order valence-corrected chi connectivity index (χ1v) is 10.4. The quantitative estimate of drug-likeness (QED) is 0.671. The van der Waals surface area contributed by atoms with Crippen LogP contribution in [0.4, 0.5) is 5.82 Å². The van der Waals surface area contributed by atoms with Crippen LogP contribution >= 0.6 is 11.6 Å². The maximum absolute atomic E-state index is 12.5. The molecule has 154 valence electrons. The normalized spacial score (nSPS) is 14.4. The molecule has 1 aromatic carbocycles. The molecule has 1 saturated heterocycles. The second-order valence-electron chi connectivity index (χ2n) is 7.68. The van der Waals surface area contributed by atoms with Gasteiger partial charge in [0.2, 0.25) is 5.91 Å². The van der Waals surface area contributed by atoms with Gasteiger partial charge in [-0.05, 0) is 31.2 Å². The zero-order chi connectivity index (χ0) is 21.0. The van der Waals surface area contributed by atoms with E-state index in [1.54, 1.807) is 24.3 Å². The summed E-state index contributed by atoms with van der Waals surface area (Å²) in [6.45, 7) is 8.87. The topological polar surface area (TPSA) is 66.4 Å². The number of benzene rings is 1. The summed E-state index contributed by atoms with van der Waals surface area (Å²) in [5, 5.41) is 0.592. The molecule has 0 unspecified atom stereocenters. The highest BCUT2D eigenvalue weighted by molar-refractivity contribution is 6.30. The lowest BCUT2D eigenvalue weighted by Gasteiger charge is -2.35. The van der Waals surface area contributed by atoms with Crippen molar-refractivity contribution < 1.29 is 9.59 Å². The number of amides is 1. The molecule has 2 heterocycles. The summed E-state index contributed by atoms with van der Waals surface area (Å²) in [6, 6.07) is 8.77. The van der Waals surface area contributed by atoms with Gasteiger partial charge in [0.05, 0.1) is 0 Å². The number of aromatic nitrogens is 2. The summed E-state index contributed by atoms with van der Waals surface area (Å²) < 4.78 is 0. The third-order valence-corrected chi connectivity index (χ3v) is 5.31. The summed E-state index contributed by atoms with van der Waals surface area (Å²) in [5.74, 6) is 2.03. The Morgan fingerprint density at radius 1 is 1.03 bits per heavy atom. The van der Waals surface area contributed by atoms with Gasteiger partial charge in [0.25, 0.3) is 0 Å². The fourth-order valence-corrected chi connectivity index (χ4v) is 3.46. The van der Waals surface area contributed by atoms with E-state index in [-0.39, 0.29) is 30.4 Å². The van der Waals surface area contributed by atoms with Crippen LogP contribution in [0.3, 0.4) is 0 Å². The Hall–Kier alpha value is -2.47. The molecule has 0 aliphatic carbocycles. The average molecular weight is 415 g/mol. The number of ketones is 1. The van der Waals surface area contributed by atoms with Gasteiger partial charge in [-0.2, -0.15) is 0 Å². The van der Waals surface area contributed by atoms with Crippen molar-refractivity contribution in [1.29, 1.82) is 0 Å². The van der Waals surface area contributed by atoms with Crippen LogP contribution in [0.15, 0.2) is 30.3 Å². The largest absolute Gasteiger partial charge is 0.353 e. The van der Waals surface area contributed by atoms with Crippen LogP contribution in [0.25, 0.3) is 0 Å². The molecule has 6 nitrogen and oxygen atoms in total. The number of rotatable bonds is 6. The molecule has 3 rings (SSSR count). The molecule has 2 aromatic rings. The number of hydrogen-bond donors (Lipinski definition) is 0. The molecule has 0 atom stereocenters. The zero-order valence-electron chi connectivity index (χ0n) is 17.2. The number of Topliss-reactive ketones (excluding diaryl/α,β-unsaturated/α-hetero) is 1. The number of aryl methyl sites for hydroxylation is 1. The second-order valence-corrected chi connectivity index (χ2v) is 8.11. The van der Waals surface area contributed by atoms with Gasteiger partial charge in [-0.3, -0.25) is 9.59 Å². The van der Waals surface area contributed by atoms with Gasteiger partial charge in [0.15, 0.2) is 5.78 Å². The number of carbonyl (C=O) groups excluding carboxylic acids is 2. The number of hydrogen-bond acceptors (Lipinski definition) is 5. The van der Waals surface area contributed by atoms with Crippen LogP contribution in [0, 0.1) is 6.92 Å². The highest BCUT2D eigenvalue weighted by Crippen LogP contribution is 2.19. The van der Waals surface area contributed by atoms with Crippen molar-refractivity contribution in [2.24, 2.45) is 0 Å². The maximum atomic E-state index is 12.5. The Morgan fingerprint density at radius 2 is 1.69 bits per heavy atom. The van der Waals surface area contributed by atoms with Crippen molar-refractivity contribution >= 4 is 29.1 Å². The van der Waals surface area contributed by atoms with Crippen LogP contribution in [0.2, 0.25) is 5.02 Å². The van der Waals surface area contributed by atoms with E-state index >= 15 is 0 Å². The van der Waals surface area contributed by atoms with Crippen LogP contribution < -0.4 is 4.90 Å². The monoisotopic (exact) mass is 414 g/mol. The van der Waals surface area contributed by atoms with Gasteiger partial charge >= 0.3 is 0 Å². The van der Waals surface area contributed by atoms with Crippen molar-refractivity contribution in [1.82, 2.24) is 14.9 Å². The summed E-state index contributed by atoms with van der Waals surface area (Å²) in [4.78, 5) is 38.0. The van der Waals surface area contributed by atoms with Crippen molar-refractivity contribution in [2.75, 3.05) is 31.1 Å². The number of halogens is 1. The molecule has 0 saturated carbocycles. The van der Waals surface area contributed by atoms with Gasteiger partial charge in [0.1, 0.15) is 11.6 Å². The Balaban J connectivity index is 1.52. The molecule has 1 aliphatic rings. The lowest BCUT2D eigenvalue weighted by atomic mass is 10.1. The van der Waals surface area contributed by atoms with E-state index < -0.39 is 0 Å². The van der Waals surface area contributed by atoms with Crippen molar-refractivity contribution in [3.05, 3.63) is 52.4 Å². The number of carbonyl (C=O) groups is 2. The van der Waals surface area contributed by atoms with E-state index in [4.69, 9.17) is 11.6 Å². The summed E-state index contributed by atoms with van der Waals surface area (Å²) >= 11 is 5.85. The summed E-state index contributed by atoms with van der Waals surface area (Å²) in [7, 11) is 0. The van der Waals surface area contributed by atoms with E-state index in [1.165, 1.54) is 0 Å². The average Bonchev–Trinajstić information content (AvgIpc) is 2.72. The molecule has 1 fully saturated rings. The molecule has 0 spiro atoms. The Kier molecular flexibility index (Phi) is 6.85. The molecule has 0 bridgehead atoms. The number of anilines is 1. The molecule has 7 heteroatoms. The van der Waals surface area contributed by atoms with Crippen molar-refractivity contribution in [3.63, 3.8) is 0 Å². The maximum Gasteiger partial charge on any atom is 0.223 e. The lowest BCUT2D eigenvalue weighted by molar-refractivity contribution is -0.131. The molecule has 1 aliphatic heterocycles. The highest BCUT2D eigenvalue weighted by Gasteiger charge is 2.23. The van der Waals surface area contributed by atoms with Gasteiger partial charge in [-0.15, -0.1) is 0 Å². The van der Waals surface area contributed by atoms with Crippen LogP contribution in [0.1, 0.15) is 54.5 Å². The van der Waals surface area contributed by atoms with Gasteiger partial charge in [0, 0.05) is 67.3 Å². The minimum Gasteiger partial charge on any atom is -0.353 e. The smallest absolute Gasteiger partial charge is 0.223 e. The minimum atomic E-state index is -0.0358. The molecular weight excluding hydrogens is 388 g/mol. The molecule has 1 amide bonds. The van der Waals surface area contributed by atoms with Crippen molar-refractivity contribution in [3.8, 4) is 0 Å². The molecule has 1 aromatic heterocycles. The third kappa shape index (κ3) is 5.54. The summed E-state index contributed by atoms with van der Waals surface area (Å²) in [6.07, 6.45) is 0.440. The van der Waals surface area contributed by atoms with E-state index in [0.29, 0.717) is 23.7 Å². The van der Waals surface area contributed by atoms with E-state index in [1.807, 2.05) is 17.9 Å². The fraction of sp³-hybridized carbons (Fsp3) is 0.455. The third-order valence-electron chi connectivity index (χ3n) is 5.06. The number of nitrogens with zero attached hydrogens (tertiary/aromatic N) is 4. The number of piperazine rings is 1. The Labute approximate surface area is 176 Å². The first-order chi connectivity index (χ1) is 13.8. The minimum absolute atomic E-state index is 0.0219.